The lowest BCUT2D eigenvalue weighted by molar-refractivity contribution is -0.161. The highest BCUT2D eigenvalue weighted by Gasteiger charge is 2.27. The minimum absolute atomic E-state index is 0.178. The summed E-state index contributed by atoms with van der Waals surface area (Å²) in [6.45, 7) is 2.40. The highest BCUT2D eigenvalue weighted by molar-refractivity contribution is 7.47. The second-order valence-electron chi connectivity index (χ2n) is 16.1. The maximum atomic E-state index is 12.6. The molecular formula is C46H89O10P. The summed E-state index contributed by atoms with van der Waals surface area (Å²) in [7, 11) is -4.62. The molecular weight excluding hydrogens is 743 g/mol. The molecule has 0 saturated carbocycles. The maximum Gasteiger partial charge on any atom is 0.472 e. The lowest BCUT2D eigenvalue weighted by atomic mass is 10.0. The van der Waals surface area contributed by atoms with E-state index < -0.39 is 51.8 Å². The van der Waals surface area contributed by atoms with Gasteiger partial charge in [0, 0.05) is 12.8 Å². The summed E-state index contributed by atoms with van der Waals surface area (Å²) in [4.78, 5) is 35.0. The van der Waals surface area contributed by atoms with Gasteiger partial charge in [-0.25, -0.2) is 4.57 Å². The molecule has 0 fully saturated rings. The van der Waals surface area contributed by atoms with Gasteiger partial charge >= 0.3 is 19.8 Å². The molecule has 0 spiro atoms. The van der Waals surface area contributed by atoms with E-state index in [0.29, 0.717) is 12.8 Å². The van der Waals surface area contributed by atoms with Crippen LogP contribution in [0.4, 0.5) is 0 Å². The fraction of sp³-hybridized carbons (Fsp3) is 0.913. The molecule has 0 aliphatic heterocycles. The van der Waals surface area contributed by atoms with Crippen molar-refractivity contribution in [3.8, 4) is 0 Å². The van der Waals surface area contributed by atoms with Gasteiger partial charge in [-0.3, -0.25) is 18.6 Å². The summed E-state index contributed by atoms with van der Waals surface area (Å²) in [5, 5.41) is 18.3. The van der Waals surface area contributed by atoms with Crippen molar-refractivity contribution in [1.82, 2.24) is 0 Å². The van der Waals surface area contributed by atoms with E-state index in [0.717, 1.165) is 57.8 Å². The van der Waals surface area contributed by atoms with Gasteiger partial charge in [-0.05, 0) is 38.5 Å². The van der Waals surface area contributed by atoms with Crippen LogP contribution in [0.25, 0.3) is 0 Å². The number of phosphoric ester groups is 1. The molecule has 0 radical (unpaired) electrons. The van der Waals surface area contributed by atoms with Crippen LogP contribution in [0.5, 0.6) is 0 Å². The minimum atomic E-state index is -4.62. The number of rotatable bonds is 45. The molecule has 338 valence electrons. The van der Waals surface area contributed by atoms with E-state index in [9.17, 15) is 24.2 Å². The van der Waals surface area contributed by atoms with Gasteiger partial charge in [0.05, 0.1) is 19.8 Å². The van der Waals surface area contributed by atoms with Gasteiger partial charge in [0.15, 0.2) is 6.10 Å². The number of unbranched alkanes of at least 4 members (excludes halogenated alkanes) is 29. The highest BCUT2D eigenvalue weighted by Crippen LogP contribution is 2.43. The number of allylic oxidation sites excluding steroid dienone is 2. The Morgan fingerprint density at radius 2 is 0.860 bits per heavy atom. The molecule has 1 unspecified atom stereocenters. The average Bonchev–Trinajstić information content (AvgIpc) is 3.20. The zero-order valence-corrected chi connectivity index (χ0v) is 37.7. The summed E-state index contributed by atoms with van der Waals surface area (Å²) < 4.78 is 32.8. The molecule has 10 nitrogen and oxygen atoms in total. The third-order valence-corrected chi connectivity index (χ3v) is 11.4. The smallest absolute Gasteiger partial charge is 0.462 e. The minimum Gasteiger partial charge on any atom is -0.462 e. The summed E-state index contributed by atoms with van der Waals surface area (Å²) in [6.07, 6.45) is 41.8. The molecule has 57 heavy (non-hydrogen) atoms. The van der Waals surface area contributed by atoms with Crippen molar-refractivity contribution in [1.29, 1.82) is 0 Å². The Morgan fingerprint density at radius 1 is 0.509 bits per heavy atom. The molecule has 0 aromatic carbocycles. The van der Waals surface area contributed by atoms with Crippen LogP contribution in [-0.2, 0) is 32.7 Å². The molecule has 0 rings (SSSR count). The first-order chi connectivity index (χ1) is 27.7. The van der Waals surface area contributed by atoms with E-state index in [1.165, 1.54) is 135 Å². The Balaban J connectivity index is 4.17. The van der Waals surface area contributed by atoms with Crippen LogP contribution in [-0.4, -0.2) is 65.7 Å². The lowest BCUT2D eigenvalue weighted by Gasteiger charge is -2.20. The normalized spacial score (nSPS) is 13.8. The van der Waals surface area contributed by atoms with Crippen molar-refractivity contribution in [3.63, 3.8) is 0 Å². The first kappa shape index (κ1) is 55.7. The summed E-state index contributed by atoms with van der Waals surface area (Å²) >= 11 is 0. The van der Waals surface area contributed by atoms with Gasteiger partial charge in [0.2, 0.25) is 0 Å². The largest absolute Gasteiger partial charge is 0.472 e. The van der Waals surface area contributed by atoms with Gasteiger partial charge in [0.25, 0.3) is 0 Å². The number of aliphatic hydroxyl groups is 2. The maximum absolute atomic E-state index is 12.6. The number of ether oxygens (including phenoxy) is 2. The van der Waals surface area contributed by atoms with E-state index in [1.807, 2.05) is 0 Å². The Bertz CT molecular complexity index is 961. The number of esters is 2. The molecule has 0 aromatic heterocycles. The SMILES string of the molecule is CCCCCCC/C=C/CCCCCCCC(=O)O[C@H](COC(=O)CCCCCCCCCCCCCCCCCCCCCC)COP(=O)(O)OC[C@H](O)CO. The molecule has 3 atom stereocenters. The zero-order chi connectivity index (χ0) is 41.9. The van der Waals surface area contributed by atoms with Crippen LogP contribution in [0.15, 0.2) is 12.2 Å². The summed E-state index contributed by atoms with van der Waals surface area (Å²) in [5.41, 5.74) is 0. The van der Waals surface area contributed by atoms with Crippen LogP contribution in [0.2, 0.25) is 0 Å². The van der Waals surface area contributed by atoms with Crippen molar-refractivity contribution in [2.24, 2.45) is 0 Å². The second-order valence-corrected chi connectivity index (χ2v) is 17.6. The van der Waals surface area contributed by atoms with E-state index >= 15 is 0 Å². The number of phosphoric acid groups is 1. The standard InChI is InChI=1S/C46H89O10P/c1-3-5-7-9-11-13-15-17-19-20-21-22-23-24-26-27-29-31-33-35-37-45(49)53-41-44(42-55-57(51,52)54-40-43(48)39-47)56-46(50)38-36-34-32-30-28-25-18-16-14-12-10-8-6-4-2/h16,18,43-44,47-48H,3-15,17,19-42H2,1-2H3,(H,51,52)/b18-16+/t43-,44-/m1/s1. The van der Waals surface area contributed by atoms with Gasteiger partial charge < -0.3 is 24.6 Å². The van der Waals surface area contributed by atoms with Crippen molar-refractivity contribution >= 4 is 19.8 Å². The average molecular weight is 833 g/mol. The van der Waals surface area contributed by atoms with Crippen molar-refractivity contribution in [2.75, 3.05) is 26.4 Å². The van der Waals surface area contributed by atoms with Crippen molar-refractivity contribution in [2.45, 2.75) is 244 Å². The van der Waals surface area contributed by atoms with E-state index in [1.54, 1.807) is 0 Å². The molecule has 0 heterocycles. The molecule has 11 heteroatoms. The van der Waals surface area contributed by atoms with Gasteiger partial charge in [0.1, 0.15) is 12.7 Å². The topological polar surface area (TPSA) is 149 Å². The Kier molecular flexibility index (Phi) is 41.9. The van der Waals surface area contributed by atoms with Gasteiger partial charge in [-0.1, -0.05) is 193 Å². The number of hydrogen-bond acceptors (Lipinski definition) is 9. The summed E-state index contributed by atoms with van der Waals surface area (Å²) in [6, 6.07) is 0. The van der Waals surface area contributed by atoms with Crippen LogP contribution >= 0.6 is 7.82 Å². The fourth-order valence-corrected chi connectivity index (χ4v) is 7.54. The highest BCUT2D eigenvalue weighted by atomic mass is 31.2. The van der Waals surface area contributed by atoms with Crippen LogP contribution < -0.4 is 0 Å². The van der Waals surface area contributed by atoms with E-state index in [4.69, 9.17) is 23.6 Å². The van der Waals surface area contributed by atoms with E-state index in [2.05, 4.69) is 26.0 Å². The van der Waals surface area contributed by atoms with Gasteiger partial charge in [-0.2, -0.15) is 0 Å². The number of carbonyl (C=O) groups excluding carboxylic acids is 2. The molecule has 3 N–H and O–H groups in total. The van der Waals surface area contributed by atoms with Crippen LogP contribution in [0.3, 0.4) is 0 Å². The number of hydrogen-bond donors (Lipinski definition) is 3. The lowest BCUT2D eigenvalue weighted by Crippen LogP contribution is -2.29. The molecule has 0 saturated heterocycles. The predicted molar refractivity (Wildman–Crippen MR) is 233 cm³/mol. The molecule has 0 bridgehead atoms. The number of carbonyl (C=O) groups is 2. The van der Waals surface area contributed by atoms with Gasteiger partial charge in [-0.15, -0.1) is 0 Å². The van der Waals surface area contributed by atoms with E-state index in [-0.39, 0.29) is 19.4 Å². The molecule has 0 aromatic rings. The Hall–Kier alpha value is -1.29. The zero-order valence-electron chi connectivity index (χ0n) is 36.8. The Labute approximate surface area is 349 Å². The third kappa shape index (κ3) is 42.6. The fourth-order valence-electron chi connectivity index (χ4n) is 6.75. The second kappa shape index (κ2) is 42.8. The molecule has 0 aliphatic rings. The van der Waals surface area contributed by atoms with Crippen LogP contribution in [0.1, 0.15) is 232 Å². The van der Waals surface area contributed by atoms with Crippen molar-refractivity contribution in [3.05, 3.63) is 12.2 Å². The Morgan fingerprint density at radius 3 is 1.26 bits per heavy atom. The molecule has 0 aliphatic carbocycles. The van der Waals surface area contributed by atoms with Crippen molar-refractivity contribution < 1.29 is 47.8 Å². The van der Waals surface area contributed by atoms with Crippen LogP contribution in [0, 0.1) is 0 Å². The third-order valence-electron chi connectivity index (χ3n) is 10.4. The first-order valence-corrected chi connectivity index (χ1v) is 25.1. The monoisotopic (exact) mass is 833 g/mol. The summed E-state index contributed by atoms with van der Waals surface area (Å²) in [5.74, 6) is -0.922. The number of aliphatic hydroxyl groups excluding tert-OH is 2. The first-order valence-electron chi connectivity index (χ1n) is 23.6. The molecule has 0 amide bonds. The predicted octanol–water partition coefficient (Wildman–Crippen LogP) is 12.8. The quantitative estimate of drug-likeness (QED) is 0.0234.